The van der Waals surface area contributed by atoms with E-state index in [9.17, 15) is 26.0 Å². The zero-order valence-electron chi connectivity index (χ0n) is 17.8. The van der Waals surface area contributed by atoms with Crippen LogP contribution in [0.4, 0.5) is 40.8 Å². The summed E-state index contributed by atoms with van der Waals surface area (Å²) in [5.41, 5.74) is -0.938. The molecule has 0 aliphatic heterocycles. The fourth-order valence-corrected chi connectivity index (χ4v) is 3.21. The molecule has 0 unspecified atom stereocenters. The van der Waals surface area contributed by atoms with Crippen molar-refractivity contribution >= 4 is 33.3 Å². The molecule has 3 N–H and O–H groups in total. The van der Waals surface area contributed by atoms with Crippen LogP contribution in [-0.2, 0) is 29.4 Å². The summed E-state index contributed by atoms with van der Waals surface area (Å²) in [6.07, 6.45) is -0.797. The minimum atomic E-state index is -4.80. The maximum Gasteiger partial charge on any atom is 0.421 e. The van der Waals surface area contributed by atoms with Crippen LogP contribution < -0.4 is 14.9 Å². The number of aliphatic hydroxyl groups excluding tert-OH is 1. The first-order valence-corrected chi connectivity index (χ1v) is 11.3. The number of alkyl halides is 3. The van der Waals surface area contributed by atoms with Gasteiger partial charge in [-0.1, -0.05) is 6.07 Å². The van der Waals surface area contributed by atoms with Crippen LogP contribution in [0.2, 0.25) is 0 Å². The van der Waals surface area contributed by atoms with Crippen molar-refractivity contribution in [3.8, 4) is 0 Å². The molecule has 182 valence electrons. The summed E-state index contributed by atoms with van der Waals surface area (Å²) < 4.78 is 78.9. The number of anilines is 4. The van der Waals surface area contributed by atoms with Gasteiger partial charge in [-0.3, -0.25) is 9.29 Å². The van der Waals surface area contributed by atoms with Crippen LogP contribution in [0.15, 0.2) is 36.8 Å². The van der Waals surface area contributed by atoms with Crippen molar-refractivity contribution in [2.75, 3.05) is 28.2 Å². The number of sulfonamides is 1. The lowest BCUT2D eigenvalue weighted by molar-refractivity contribution is -0.137. The predicted molar refractivity (Wildman–Crippen MR) is 115 cm³/mol. The SMILES string of the molecule is CN(c1nccnc1CNc1nc(Nc2ccc(CO)c(F)c2)ncc1C(F)(F)F)S(C)(=O)=O. The third kappa shape index (κ3) is 5.85. The molecular formula is C19H19F4N7O3S. The van der Waals surface area contributed by atoms with Crippen LogP contribution in [0.1, 0.15) is 16.8 Å². The Morgan fingerprint density at radius 3 is 2.47 bits per heavy atom. The van der Waals surface area contributed by atoms with Crippen molar-refractivity contribution in [3.63, 3.8) is 0 Å². The molecule has 0 spiro atoms. The average Bonchev–Trinajstić information content (AvgIpc) is 2.76. The van der Waals surface area contributed by atoms with Crippen molar-refractivity contribution in [1.82, 2.24) is 19.9 Å². The van der Waals surface area contributed by atoms with Gasteiger partial charge < -0.3 is 15.7 Å². The second kappa shape index (κ2) is 9.72. The highest BCUT2D eigenvalue weighted by atomic mass is 32.2. The lowest BCUT2D eigenvalue weighted by Crippen LogP contribution is -2.27. The van der Waals surface area contributed by atoms with Gasteiger partial charge in [0.15, 0.2) is 5.82 Å². The molecule has 0 aliphatic carbocycles. The second-order valence-corrected chi connectivity index (χ2v) is 8.97. The Kier molecular flexibility index (Phi) is 7.16. The normalized spacial score (nSPS) is 11.9. The van der Waals surface area contributed by atoms with Crippen molar-refractivity contribution in [3.05, 3.63) is 59.4 Å². The molecule has 3 aromatic rings. The van der Waals surface area contributed by atoms with Gasteiger partial charge in [-0.05, 0) is 12.1 Å². The Balaban J connectivity index is 1.91. The summed E-state index contributed by atoms with van der Waals surface area (Å²) >= 11 is 0. The molecule has 15 heteroatoms. The van der Waals surface area contributed by atoms with Gasteiger partial charge in [-0.25, -0.2) is 22.8 Å². The Morgan fingerprint density at radius 1 is 1.15 bits per heavy atom. The number of halogens is 4. The summed E-state index contributed by atoms with van der Waals surface area (Å²) in [6, 6.07) is 3.73. The minimum Gasteiger partial charge on any atom is -0.392 e. The van der Waals surface area contributed by atoms with Gasteiger partial charge in [0.1, 0.15) is 22.9 Å². The molecule has 0 bridgehead atoms. The van der Waals surface area contributed by atoms with E-state index in [0.29, 0.717) is 6.20 Å². The molecule has 2 heterocycles. The smallest absolute Gasteiger partial charge is 0.392 e. The lowest BCUT2D eigenvalue weighted by atomic mass is 10.2. The highest BCUT2D eigenvalue weighted by Crippen LogP contribution is 2.34. The fraction of sp³-hybridized carbons (Fsp3) is 0.263. The van der Waals surface area contributed by atoms with Crippen molar-refractivity contribution in [2.24, 2.45) is 0 Å². The zero-order valence-corrected chi connectivity index (χ0v) is 18.6. The van der Waals surface area contributed by atoms with E-state index in [0.717, 1.165) is 16.6 Å². The standard InChI is InChI=1S/C19H19F4N7O3S/c1-30(34(2,32)33)17-15(24-5-6-25-17)9-26-16-13(19(21,22)23)8-27-18(29-16)28-12-4-3-11(10-31)14(20)7-12/h3-8,31H,9-10H2,1-2H3,(H2,26,27,28,29). The third-order valence-electron chi connectivity index (χ3n) is 4.54. The molecule has 34 heavy (non-hydrogen) atoms. The molecular weight excluding hydrogens is 482 g/mol. The Labute approximate surface area is 191 Å². The summed E-state index contributed by atoms with van der Waals surface area (Å²) in [7, 11) is -2.47. The molecule has 0 radical (unpaired) electrons. The number of hydrogen-bond donors (Lipinski definition) is 3. The molecule has 3 rings (SSSR count). The molecule has 0 fully saturated rings. The number of nitrogens with one attached hydrogen (secondary N) is 2. The highest BCUT2D eigenvalue weighted by Gasteiger charge is 2.35. The van der Waals surface area contributed by atoms with Crippen molar-refractivity contribution in [1.29, 1.82) is 0 Å². The predicted octanol–water partition coefficient (Wildman–Crippen LogP) is 2.67. The van der Waals surface area contributed by atoms with E-state index in [2.05, 4.69) is 30.6 Å². The average molecular weight is 501 g/mol. The van der Waals surface area contributed by atoms with Gasteiger partial charge in [-0.2, -0.15) is 18.2 Å². The van der Waals surface area contributed by atoms with Crippen LogP contribution in [-0.4, -0.2) is 46.8 Å². The van der Waals surface area contributed by atoms with Gasteiger partial charge >= 0.3 is 6.18 Å². The van der Waals surface area contributed by atoms with Crippen molar-refractivity contribution < 1.29 is 31.1 Å². The third-order valence-corrected chi connectivity index (χ3v) is 5.71. The Bertz CT molecular complexity index is 1290. The molecule has 0 saturated heterocycles. The van der Waals surface area contributed by atoms with E-state index in [1.54, 1.807) is 0 Å². The van der Waals surface area contributed by atoms with E-state index in [-0.39, 0.29) is 35.3 Å². The topological polar surface area (TPSA) is 133 Å². The number of rotatable bonds is 8. The quantitative estimate of drug-likeness (QED) is 0.399. The highest BCUT2D eigenvalue weighted by molar-refractivity contribution is 7.92. The largest absolute Gasteiger partial charge is 0.421 e. The summed E-state index contributed by atoms with van der Waals surface area (Å²) in [5, 5.41) is 14.1. The zero-order chi connectivity index (χ0) is 25.1. The number of aliphatic hydroxyl groups is 1. The van der Waals surface area contributed by atoms with E-state index < -0.39 is 40.0 Å². The molecule has 2 aromatic heterocycles. The first-order valence-electron chi connectivity index (χ1n) is 9.48. The van der Waals surface area contributed by atoms with Gasteiger partial charge in [0.25, 0.3) is 0 Å². The van der Waals surface area contributed by atoms with E-state index >= 15 is 0 Å². The van der Waals surface area contributed by atoms with Crippen LogP contribution in [0.25, 0.3) is 0 Å². The fourth-order valence-electron chi connectivity index (χ4n) is 2.74. The lowest BCUT2D eigenvalue weighted by Gasteiger charge is -2.19. The Morgan fingerprint density at radius 2 is 1.85 bits per heavy atom. The maximum absolute atomic E-state index is 13.9. The first kappa shape index (κ1) is 25.0. The molecule has 0 saturated carbocycles. The minimum absolute atomic E-state index is 0.0417. The maximum atomic E-state index is 13.9. The van der Waals surface area contributed by atoms with Crippen molar-refractivity contribution in [2.45, 2.75) is 19.3 Å². The number of aromatic nitrogens is 4. The second-order valence-electron chi connectivity index (χ2n) is 6.95. The van der Waals surface area contributed by atoms with Gasteiger partial charge in [0.05, 0.1) is 19.4 Å². The molecule has 1 aromatic carbocycles. The molecule has 10 nitrogen and oxygen atoms in total. The molecule has 0 atom stereocenters. The Hall–Kier alpha value is -3.59. The summed E-state index contributed by atoms with van der Waals surface area (Å²) in [6.45, 7) is -0.863. The van der Waals surface area contributed by atoms with E-state index in [1.807, 2.05) is 0 Å². The van der Waals surface area contributed by atoms with Crippen LogP contribution in [0.5, 0.6) is 0 Å². The summed E-state index contributed by atoms with van der Waals surface area (Å²) in [5.74, 6) is -1.67. The van der Waals surface area contributed by atoms with E-state index in [4.69, 9.17) is 5.11 Å². The van der Waals surface area contributed by atoms with E-state index in [1.165, 1.54) is 31.6 Å². The van der Waals surface area contributed by atoms with Crippen LogP contribution >= 0.6 is 0 Å². The molecule has 0 amide bonds. The number of benzene rings is 1. The van der Waals surface area contributed by atoms with Gasteiger partial charge in [-0.15, -0.1) is 0 Å². The van der Waals surface area contributed by atoms with Crippen LogP contribution in [0.3, 0.4) is 0 Å². The number of hydrogen-bond acceptors (Lipinski definition) is 9. The molecule has 0 aliphatic rings. The first-order chi connectivity index (χ1) is 15.9. The van der Waals surface area contributed by atoms with Crippen LogP contribution in [0, 0.1) is 5.82 Å². The summed E-state index contributed by atoms with van der Waals surface area (Å²) in [4.78, 5) is 15.4. The van der Waals surface area contributed by atoms with Gasteiger partial charge in [0, 0.05) is 36.9 Å². The van der Waals surface area contributed by atoms with Gasteiger partial charge in [0.2, 0.25) is 16.0 Å². The number of nitrogens with zero attached hydrogens (tertiary/aromatic N) is 5. The monoisotopic (exact) mass is 501 g/mol.